The summed E-state index contributed by atoms with van der Waals surface area (Å²) >= 11 is 0. The summed E-state index contributed by atoms with van der Waals surface area (Å²) in [6.45, 7) is 1.91. The number of aliphatic hydroxyl groups excluding tert-OH is 1. The summed E-state index contributed by atoms with van der Waals surface area (Å²) in [5.41, 5.74) is 0.548. The Labute approximate surface area is 230 Å². The summed E-state index contributed by atoms with van der Waals surface area (Å²) in [7, 11) is -4.31. The highest BCUT2D eigenvalue weighted by molar-refractivity contribution is 7.89. The Kier molecular flexibility index (Phi) is 7.34. The van der Waals surface area contributed by atoms with Gasteiger partial charge in [0.05, 0.1) is 40.0 Å². The van der Waals surface area contributed by atoms with Crippen LogP contribution in [0.2, 0.25) is 0 Å². The molecule has 41 heavy (non-hydrogen) atoms. The van der Waals surface area contributed by atoms with Crippen LogP contribution in [-0.4, -0.2) is 51.2 Å². The van der Waals surface area contributed by atoms with E-state index in [1.807, 2.05) is 0 Å². The van der Waals surface area contributed by atoms with Crippen LogP contribution in [0.25, 0.3) is 0 Å². The Balaban J connectivity index is 1.44. The summed E-state index contributed by atoms with van der Waals surface area (Å²) in [6.07, 6.45) is -10.9. The Morgan fingerprint density at radius 2 is 1.59 bits per heavy atom. The molecule has 5 rings (SSSR count). The first-order valence-corrected chi connectivity index (χ1v) is 13.7. The van der Waals surface area contributed by atoms with Crippen molar-refractivity contribution < 1.29 is 49.3 Å². The molecule has 220 valence electrons. The van der Waals surface area contributed by atoms with Gasteiger partial charge in [0.15, 0.2) is 11.5 Å². The van der Waals surface area contributed by atoms with E-state index in [-0.39, 0.29) is 35.2 Å². The monoisotopic (exact) mass is 603 g/mol. The average molecular weight is 604 g/mol. The minimum absolute atomic E-state index is 0.00285. The summed E-state index contributed by atoms with van der Waals surface area (Å²) in [5, 5.41) is 14.4. The number of nitrogens with one attached hydrogen (secondary N) is 2. The van der Waals surface area contributed by atoms with Crippen molar-refractivity contribution in [3.05, 3.63) is 71.8 Å². The molecule has 0 aliphatic carbocycles. The van der Waals surface area contributed by atoms with Gasteiger partial charge in [0.1, 0.15) is 5.75 Å². The fourth-order valence-corrected chi connectivity index (χ4v) is 6.07. The topological polar surface area (TPSA) is 100 Å². The van der Waals surface area contributed by atoms with E-state index in [2.05, 4.69) is 14.8 Å². The SMILES string of the molecule is Cc1ccc2c(c1)Oc1cc(C(F)(F)F)ccc1N2[C@H]1CNC[C@@H](NS(=O)(=O)c2ccc(OC(F)(F)F)cc2)[C@@H]1O. The number of benzene rings is 3. The first-order valence-electron chi connectivity index (χ1n) is 12.2. The lowest BCUT2D eigenvalue weighted by Gasteiger charge is -2.45. The summed E-state index contributed by atoms with van der Waals surface area (Å²) in [4.78, 5) is 1.24. The standard InChI is InChI=1S/C26H23F6N3O5S/c1-14-2-8-19-22(10-14)39-23-11-15(25(27,28)29)3-9-20(23)35(19)21-13-33-12-18(24(21)36)34-41(37,38)17-6-4-16(5-7-17)40-26(30,31)32/h2-11,18,21,24,33-34,36H,12-13H2,1H3/t18-,21+,24+/m1/s1. The number of alkyl halides is 6. The van der Waals surface area contributed by atoms with Crippen molar-refractivity contribution in [2.45, 2.75) is 42.5 Å². The molecule has 0 radical (unpaired) electrons. The van der Waals surface area contributed by atoms with Gasteiger partial charge in [0.25, 0.3) is 0 Å². The van der Waals surface area contributed by atoms with Crippen LogP contribution in [0.5, 0.6) is 17.2 Å². The fourth-order valence-electron chi connectivity index (χ4n) is 4.82. The fraction of sp³-hybridized carbons (Fsp3) is 0.308. The van der Waals surface area contributed by atoms with E-state index in [9.17, 15) is 39.9 Å². The van der Waals surface area contributed by atoms with E-state index in [1.54, 1.807) is 30.0 Å². The lowest BCUT2D eigenvalue weighted by Crippen LogP contribution is -2.64. The third-order valence-corrected chi connectivity index (χ3v) is 8.18. The number of nitrogens with zero attached hydrogens (tertiary/aromatic N) is 1. The molecule has 1 fully saturated rings. The molecule has 3 aromatic carbocycles. The highest BCUT2D eigenvalue weighted by Gasteiger charge is 2.42. The van der Waals surface area contributed by atoms with Crippen molar-refractivity contribution in [2.75, 3.05) is 18.0 Å². The number of sulfonamides is 1. The van der Waals surface area contributed by atoms with E-state index in [4.69, 9.17) is 4.74 Å². The van der Waals surface area contributed by atoms with E-state index >= 15 is 0 Å². The van der Waals surface area contributed by atoms with Gasteiger partial charge in [-0.2, -0.15) is 13.2 Å². The molecule has 3 atom stereocenters. The third-order valence-electron chi connectivity index (χ3n) is 6.67. The van der Waals surface area contributed by atoms with E-state index in [1.165, 1.54) is 6.07 Å². The third kappa shape index (κ3) is 6.07. The Bertz CT molecular complexity index is 1550. The van der Waals surface area contributed by atoms with E-state index < -0.39 is 52.1 Å². The summed E-state index contributed by atoms with van der Waals surface area (Å²) < 4.78 is 116. The van der Waals surface area contributed by atoms with Crippen molar-refractivity contribution in [3.8, 4) is 17.2 Å². The zero-order valence-electron chi connectivity index (χ0n) is 21.1. The summed E-state index contributed by atoms with van der Waals surface area (Å²) in [6, 6.07) is 9.66. The van der Waals surface area contributed by atoms with Gasteiger partial charge in [-0.05, 0) is 67.1 Å². The van der Waals surface area contributed by atoms with Crippen molar-refractivity contribution >= 4 is 21.4 Å². The van der Waals surface area contributed by atoms with Crippen molar-refractivity contribution in [1.82, 2.24) is 10.0 Å². The van der Waals surface area contributed by atoms with Gasteiger partial charge in [0.2, 0.25) is 10.0 Å². The van der Waals surface area contributed by atoms with Crippen LogP contribution in [0.4, 0.5) is 37.7 Å². The Morgan fingerprint density at radius 3 is 2.22 bits per heavy atom. The van der Waals surface area contributed by atoms with Gasteiger partial charge >= 0.3 is 12.5 Å². The van der Waals surface area contributed by atoms with Crippen LogP contribution >= 0.6 is 0 Å². The zero-order chi connectivity index (χ0) is 29.7. The number of hydrogen-bond acceptors (Lipinski definition) is 7. The second-order valence-electron chi connectivity index (χ2n) is 9.59. The number of rotatable bonds is 5. The highest BCUT2D eigenvalue weighted by atomic mass is 32.2. The maximum atomic E-state index is 13.4. The van der Waals surface area contributed by atoms with Gasteiger partial charge in [-0.1, -0.05) is 6.07 Å². The van der Waals surface area contributed by atoms with Crippen LogP contribution in [0.15, 0.2) is 65.6 Å². The Hall–Kier alpha value is -3.53. The lowest BCUT2D eigenvalue weighted by atomic mass is 9.95. The molecule has 0 bridgehead atoms. The van der Waals surface area contributed by atoms with Crippen LogP contribution in [0, 0.1) is 6.92 Å². The first kappa shape index (κ1) is 29.0. The van der Waals surface area contributed by atoms with Gasteiger partial charge in [-0.15, -0.1) is 13.2 Å². The van der Waals surface area contributed by atoms with Gasteiger partial charge in [-0.3, -0.25) is 0 Å². The molecule has 0 aromatic heterocycles. The number of piperidine rings is 1. The number of ether oxygens (including phenoxy) is 2. The number of aliphatic hydroxyl groups is 1. The molecular formula is C26H23F6N3O5S. The lowest BCUT2D eigenvalue weighted by molar-refractivity contribution is -0.274. The van der Waals surface area contributed by atoms with Crippen LogP contribution in [0.1, 0.15) is 11.1 Å². The molecule has 2 aliphatic heterocycles. The number of aryl methyl sites for hydroxylation is 1. The summed E-state index contributed by atoms with van der Waals surface area (Å²) in [5.74, 6) is -0.439. The van der Waals surface area contributed by atoms with Gasteiger partial charge in [0, 0.05) is 13.1 Å². The number of fused-ring (bicyclic) bond motifs is 2. The zero-order valence-corrected chi connectivity index (χ0v) is 21.9. The molecule has 2 aliphatic rings. The number of halogens is 6. The Morgan fingerprint density at radius 1 is 0.951 bits per heavy atom. The molecule has 15 heteroatoms. The van der Waals surface area contributed by atoms with Crippen LogP contribution in [-0.2, 0) is 16.2 Å². The maximum absolute atomic E-state index is 13.4. The smallest absolute Gasteiger partial charge is 0.453 e. The second kappa shape index (κ2) is 10.4. The molecule has 1 saturated heterocycles. The average Bonchev–Trinajstić information content (AvgIpc) is 2.87. The maximum Gasteiger partial charge on any atom is 0.573 e. The molecule has 3 N–H and O–H groups in total. The molecular weight excluding hydrogens is 580 g/mol. The molecule has 2 heterocycles. The van der Waals surface area contributed by atoms with Gasteiger partial charge in [-0.25, -0.2) is 13.1 Å². The molecule has 0 saturated carbocycles. The molecule has 0 spiro atoms. The highest BCUT2D eigenvalue weighted by Crippen LogP contribution is 2.50. The molecule has 8 nitrogen and oxygen atoms in total. The van der Waals surface area contributed by atoms with E-state index in [0.29, 0.717) is 5.69 Å². The molecule has 0 amide bonds. The minimum atomic E-state index is -4.95. The normalized spacial score (nSPS) is 21.1. The molecule has 0 unspecified atom stereocenters. The van der Waals surface area contributed by atoms with Crippen molar-refractivity contribution in [2.24, 2.45) is 0 Å². The van der Waals surface area contributed by atoms with Gasteiger partial charge < -0.3 is 24.8 Å². The van der Waals surface area contributed by atoms with Crippen LogP contribution in [0.3, 0.4) is 0 Å². The predicted molar refractivity (Wildman–Crippen MR) is 135 cm³/mol. The number of hydrogen-bond donors (Lipinski definition) is 3. The largest absolute Gasteiger partial charge is 0.573 e. The van der Waals surface area contributed by atoms with Crippen LogP contribution < -0.4 is 24.4 Å². The first-order chi connectivity index (χ1) is 19.1. The predicted octanol–water partition coefficient (Wildman–Crippen LogP) is 4.84. The number of anilines is 2. The quantitative estimate of drug-likeness (QED) is 0.359. The van der Waals surface area contributed by atoms with Crippen molar-refractivity contribution in [1.29, 1.82) is 0 Å². The van der Waals surface area contributed by atoms with E-state index in [0.717, 1.165) is 42.0 Å². The minimum Gasteiger partial charge on any atom is -0.453 e. The molecule has 3 aromatic rings. The van der Waals surface area contributed by atoms with Crippen molar-refractivity contribution in [3.63, 3.8) is 0 Å². The second-order valence-corrected chi connectivity index (χ2v) is 11.3.